The summed E-state index contributed by atoms with van der Waals surface area (Å²) in [6, 6.07) is 4.26. The monoisotopic (exact) mass is 199 g/mol. The zero-order valence-electron chi connectivity index (χ0n) is 8.25. The summed E-state index contributed by atoms with van der Waals surface area (Å²) >= 11 is 1.95. The van der Waals surface area contributed by atoms with Crippen molar-refractivity contribution in [3.05, 3.63) is 24.2 Å². The fraction of sp³-hybridized carbons (Fsp3) is 0.600. The van der Waals surface area contributed by atoms with Gasteiger partial charge in [0.25, 0.3) is 0 Å². The van der Waals surface area contributed by atoms with Gasteiger partial charge in [-0.3, -0.25) is 0 Å². The normalized spacial score (nSPS) is 13.1. The van der Waals surface area contributed by atoms with Gasteiger partial charge >= 0.3 is 0 Å². The molecule has 0 saturated carbocycles. The fourth-order valence-corrected chi connectivity index (χ4v) is 1.68. The molecule has 0 radical (unpaired) electrons. The first kappa shape index (κ1) is 10.7. The standard InChI is InChI=1S/C10H17NOS/c1-3-13-8-6-11-9(2)10-5-4-7-12-10/h4-5,7,9,11H,3,6,8H2,1-2H3/t9-/m1/s1. The maximum Gasteiger partial charge on any atom is 0.120 e. The molecule has 1 heterocycles. The second-order valence-corrected chi connectivity index (χ2v) is 4.28. The first-order valence-corrected chi connectivity index (χ1v) is 5.84. The SMILES string of the molecule is CCSCCN[C@H](C)c1ccco1. The molecule has 13 heavy (non-hydrogen) atoms. The highest BCUT2D eigenvalue weighted by Crippen LogP contribution is 2.11. The van der Waals surface area contributed by atoms with Gasteiger partial charge in [-0.25, -0.2) is 0 Å². The fourth-order valence-electron chi connectivity index (χ4n) is 1.13. The highest BCUT2D eigenvalue weighted by Gasteiger charge is 2.05. The maximum atomic E-state index is 5.28. The molecule has 2 nitrogen and oxygen atoms in total. The van der Waals surface area contributed by atoms with Crippen LogP contribution in [-0.2, 0) is 0 Å². The first-order chi connectivity index (χ1) is 6.34. The Kier molecular flexibility index (Phi) is 5.01. The lowest BCUT2D eigenvalue weighted by atomic mass is 10.2. The van der Waals surface area contributed by atoms with Crippen LogP contribution in [0.25, 0.3) is 0 Å². The number of furan rings is 1. The molecular formula is C10H17NOS. The molecule has 1 rings (SSSR count). The van der Waals surface area contributed by atoms with E-state index in [4.69, 9.17) is 4.42 Å². The summed E-state index contributed by atoms with van der Waals surface area (Å²) in [5.74, 6) is 3.37. The van der Waals surface area contributed by atoms with Crippen LogP contribution >= 0.6 is 11.8 Å². The van der Waals surface area contributed by atoms with E-state index in [2.05, 4.69) is 19.2 Å². The van der Waals surface area contributed by atoms with E-state index in [1.165, 1.54) is 11.5 Å². The molecule has 1 atom stereocenters. The number of thioether (sulfide) groups is 1. The molecule has 74 valence electrons. The summed E-state index contributed by atoms with van der Waals surface area (Å²) in [5, 5.41) is 3.41. The van der Waals surface area contributed by atoms with Crippen molar-refractivity contribution in [2.45, 2.75) is 19.9 Å². The first-order valence-electron chi connectivity index (χ1n) is 4.69. The van der Waals surface area contributed by atoms with Gasteiger partial charge in [-0.1, -0.05) is 6.92 Å². The molecule has 0 aliphatic rings. The highest BCUT2D eigenvalue weighted by molar-refractivity contribution is 7.99. The van der Waals surface area contributed by atoms with E-state index >= 15 is 0 Å². The quantitative estimate of drug-likeness (QED) is 0.713. The average Bonchev–Trinajstić information content (AvgIpc) is 2.65. The van der Waals surface area contributed by atoms with Gasteiger partial charge in [-0.2, -0.15) is 11.8 Å². The van der Waals surface area contributed by atoms with Crippen molar-refractivity contribution >= 4 is 11.8 Å². The third kappa shape index (κ3) is 3.87. The predicted molar refractivity (Wildman–Crippen MR) is 58.1 cm³/mol. The summed E-state index contributed by atoms with van der Waals surface area (Å²) in [6.45, 7) is 5.34. The highest BCUT2D eigenvalue weighted by atomic mass is 32.2. The Labute approximate surface area is 84.1 Å². The molecule has 1 aromatic rings. The van der Waals surface area contributed by atoms with Crippen molar-refractivity contribution in [3.8, 4) is 0 Å². The van der Waals surface area contributed by atoms with Crippen LogP contribution in [0.4, 0.5) is 0 Å². The zero-order chi connectivity index (χ0) is 9.52. The van der Waals surface area contributed by atoms with Crippen LogP contribution < -0.4 is 5.32 Å². The van der Waals surface area contributed by atoms with Crippen LogP contribution in [-0.4, -0.2) is 18.1 Å². The maximum absolute atomic E-state index is 5.28. The molecule has 0 aromatic carbocycles. The van der Waals surface area contributed by atoms with Gasteiger partial charge in [0, 0.05) is 12.3 Å². The molecule has 3 heteroatoms. The summed E-state index contributed by atoms with van der Waals surface area (Å²) in [5.41, 5.74) is 0. The van der Waals surface area contributed by atoms with Crippen molar-refractivity contribution < 1.29 is 4.42 Å². The second-order valence-electron chi connectivity index (χ2n) is 2.89. The Hall–Kier alpha value is -0.410. The Morgan fingerprint density at radius 1 is 1.62 bits per heavy atom. The number of hydrogen-bond acceptors (Lipinski definition) is 3. The zero-order valence-corrected chi connectivity index (χ0v) is 9.06. The predicted octanol–water partition coefficient (Wildman–Crippen LogP) is 2.68. The minimum absolute atomic E-state index is 0.326. The molecule has 0 bridgehead atoms. The minimum atomic E-state index is 0.326. The molecule has 0 saturated heterocycles. The Morgan fingerprint density at radius 2 is 2.46 bits per heavy atom. The van der Waals surface area contributed by atoms with Crippen LogP contribution in [0.15, 0.2) is 22.8 Å². The number of hydrogen-bond donors (Lipinski definition) is 1. The van der Waals surface area contributed by atoms with E-state index in [1.54, 1.807) is 6.26 Å². The molecule has 0 aliphatic carbocycles. The Balaban J connectivity index is 2.15. The van der Waals surface area contributed by atoms with Crippen LogP contribution in [0.2, 0.25) is 0 Å². The van der Waals surface area contributed by atoms with E-state index in [9.17, 15) is 0 Å². The van der Waals surface area contributed by atoms with Gasteiger partial charge in [0.2, 0.25) is 0 Å². The van der Waals surface area contributed by atoms with Crippen molar-refractivity contribution in [1.82, 2.24) is 5.32 Å². The van der Waals surface area contributed by atoms with Crippen molar-refractivity contribution in [2.24, 2.45) is 0 Å². The van der Waals surface area contributed by atoms with Crippen LogP contribution in [0, 0.1) is 0 Å². The van der Waals surface area contributed by atoms with E-state index < -0.39 is 0 Å². The largest absolute Gasteiger partial charge is 0.468 e. The number of rotatable bonds is 6. The number of nitrogens with one attached hydrogen (secondary N) is 1. The van der Waals surface area contributed by atoms with Crippen LogP contribution in [0.3, 0.4) is 0 Å². The minimum Gasteiger partial charge on any atom is -0.468 e. The van der Waals surface area contributed by atoms with Gasteiger partial charge in [-0.05, 0) is 24.8 Å². The smallest absolute Gasteiger partial charge is 0.120 e. The average molecular weight is 199 g/mol. The second kappa shape index (κ2) is 6.11. The van der Waals surface area contributed by atoms with Crippen LogP contribution in [0.1, 0.15) is 25.6 Å². The Morgan fingerprint density at radius 3 is 3.08 bits per heavy atom. The molecule has 0 spiro atoms. The van der Waals surface area contributed by atoms with Crippen LogP contribution in [0.5, 0.6) is 0 Å². The van der Waals surface area contributed by atoms with E-state index in [0.29, 0.717) is 6.04 Å². The lowest BCUT2D eigenvalue weighted by molar-refractivity contribution is 0.438. The van der Waals surface area contributed by atoms with Gasteiger partial charge in [0.05, 0.1) is 12.3 Å². The summed E-state index contributed by atoms with van der Waals surface area (Å²) < 4.78 is 5.28. The summed E-state index contributed by atoms with van der Waals surface area (Å²) in [7, 11) is 0. The molecule has 1 aromatic heterocycles. The molecule has 0 unspecified atom stereocenters. The molecule has 1 N–H and O–H groups in total. The molecule has 0 amide bonds. The molecule has 0 aliphatic heterocycles. The summed E-state index contributed by atoms with van der Waals surface area (Å²) in [6.07, 6.45) is 1.72. The van der Waals surface area contributed by atoms with Crippen molar-refractivity contribution in [1.29, 1.82) is 0 Å². The summed E-state index contributed by atoms with van der Waals surface area (Å²) in [4.78, 5) is 0. The third-order valence-electron chi connectivity index (χ3n) is 1.87. The van der Waals surface area contributed by atoms with Crippen molar-refractivity contribution in [2.75, 3.05) is 18.1 Å². The van der Waals surface area contributed by atoms with E-state index in [1.807, 2.05) is 23.9 Å². The molecule has 0 fully saturated rings. The van der Waals surface area contributed by atoms with Gasteiger partial charge in [0.1, 0.15) is 5.76 Å². The van der Waals surface area contributed by atoms with E-state index in [-0.39, 0.29) is 0 Å². The van der Waals surface area contributed by atoms with Gasteiger partial charge in [-0.15, -0.1) is 0 Å². The van der Waals surface area contributed by atoms with Gasteiger partial charge in [0.15, 0.2) is 0 Å². The lowest BCUT2D eigenvalue weighted by Crippen LogP contribution is -2.20. The molecular weight excluding hydrogens is 182 g/mol. The van der Waals surface area contributed by atoms with Crippen molar-refractivity contribution in [3.63, 3.8) is 0 Å². The van der Waals surface area contributed by atoms with Gasteiger partial charge < -0.3 is 9.73 Å². The Bertz CT molecular complexity index is 211. The third-order valence-corrected chi connectivity index (χ3v) is 2.77. The topological polar surface area (TPSA) is 25.2 Å². The van der Waals surface area contributed by atoms with E-state index in [0.717, 1.165) is 12.3 Å². The lowest BCUT2D eigenvalue weighted by Gasteiger charge is -2.10.